The SMILES string of the molecule is C=C(CNC(CO)COC)c1ccccc1. The molecule has 0 bridgehead atoms. The lowest BCUT2D eigenvalue weighted by Gasteiger charge is -2.16. The maximum absolute atomic E-state index is 9.07. The van der Waals surface area contributed by atoms with Crippen molar-refractivity contribution in [2.24, 2.45) is 0 Å². The number of nitrogens with one attached hydrogen (secondary N) is 1. The van der Waals surface area contributed by atoms with E-state index in [0.717, 1.165) is 11.1 Å². The second kappa shape index (κ2) is 7.17. The van der Waals surface area contributed by atoms with Crippen LogP contribution in [0.4, 0.5) is 0 Å². The zero-order valence-corrected chi connectivity index (χ0v) is 9.65. The van der Waals surface area contributed by atoms with Gasteiger partial charge < -0.3 is 15.2 Å². The molecule has 1 aromatic rings. The van der Waals surface area contributed by atoms with E-state index in [-0.39, 0.29) is 12.6 Å². The van der Waals surface area contributed by atoms with Crippen molar-refractivity contribution in [2.75, 3.05) is 26.9 Å². The van der Waals surface area contributed by atoms with Crippen LogP contribution in [-0.4, -0.2) is 38.0 Å². The number of benzene rings is 1. The minimum Gasteiger partial charge on any atom is -0.395 e. The largest absolute Gasteiger partial charge is 0.395 e. The van der Waals surface area contributed by atoms with Crippen molar-refractivity contribution in [3.05, 3.63) is 42.5 Å². The molecule has 16 heavy (non-hydrogen) atoms. The fourth-order valence-corrected chi connectivity index (χ4v) is 1.42. The molecule has 0 aromatic heterocycles. The van der Waals surface area contributed by atoms with Gasteiger partial charge >= 0.3 is 0 Å². The topological polar surface area (TPSA) is 41.5 Å². The summed E-state index contributed by atoms with van der Waals surface area (Å²) in [6.45, 7) is 5.22. The highest BCUT2D eigenvalue weighted by Crippen LogP contribution is 2.10. The standard InChI is InChI=1S/C13H19NO2/c1-11(12-6-4-3-5-7-12)8-14-13(9-15)10-16-2/h3-7,13-15H,1,8-10H2,2H3. The van der Waals surface area contributed by atoms with Crippen LogP contribution in [0.15, 0.2) is 36.9 Å². The van der Waals surface area contributed by atoms with E-state index in [1.54, 1.807) is 7.11 Å². The minimum atomic E-state index is -0.0366. The van der Waals surface area contributed by atoms with Crippen molar-refractivity contribution in [1.82, 2.24) is 5.32 Å². The highest BCUT2D eigenvalue weighted by molar-refractivity contribution is 5.64. The third-order valence-electron chi connectivity index (χ3n) is 2.37. The van der Waals surface area contributed by atoms with Crippen molar-refractivity contribution in [3.63, 3.8) is 0 Å². The quantitative estimate of drug-likeness (QED) is 0.729. The first-order chi connectivity index (χ1) is 7.77. The van der Waals surface area contributed by atoms with Crippen LogP contribution >= 0.6 is 0 Å². The van der Waals surface area contributed by atoms with Crippen molar-refractivity contribution < 1.29 is 9.84 Å². The van der Waals surface area contributed by atoms with Gasteiger partial charge in [-0.3, -0.25) is 0 Å². The fraction of sp³-hybridized carbons (Fsp3) is 0.385. The first-order valence-corrected chi connectivity index (χ1v) is 5.34. The van der Waals surface area contributed by atoms with Gasteiger partial charge in [-0.2, -0.15) is 0 Å². The van der Waals surface area contributed by atoms with E-state index in [4.69, 9.17) is 9.84 Å². The molecule has 1 atom stereocenters. The Balaban J connectivity index is 2.40. The molecule has 0 saturated heterocycles. The van der Waals surface area contributed by atoms with E-state index in [1.165, 1.54) is 0 Å². The molecule has 0 amide bonds. The Bertz CT molecular complexity index is 311. The normalized spacial score (nSPS) is 12.4. The van der Waals surface area contributed by atoms with Crippen molar-refractivity contribution in [3.8, 4) is 0 Å². The zero-order valence-electron chi connectivity index (χ0n) is 9.65. The molecule has 0 aliphatic carbocycles. The predicted octanol–water partition coefficient (Wildman–Crippen LogP) is 1.30. The van der Waals surface area contributed by atoms with Gasteiger partial charge in [-0.25, -0.2) is 0 Å². The van der Waals surface area contributed by atoms with Gasteiger partial charge in [0, 0.05) is 13.7 Å². The molecule has 1 aromatic carbocycles. The first kappa shape index (κ1) is 12.9. The van der Waals surface area contributed by atoms with Crippen LogP contribution in [0.1, 0.15) is 5.56 Å². The molecule has 2 N–H and O–H groups in total. The molecular weight excluding hydrogens is 202 g/mol. The van der Waals surface area contributed by atoms with Crippen LogP contribution in [0.5, 0.6) is 0 Å². The molecule has 0 saturated carbocycles. The maximum atomic E-state index is 9.07. The monoisotopic (exact) mass is 221 g/mol. The molecule has 0 spiro atoms. The molecule has 0 aliphatic rings. The summed E-state index contributed by atoms with van der Waals surface area (Å²) in [6.07, 6.45) is 0. The molecule has 1 unspecified atom stereocenters. The van der Waals surface area contributed by atoms with E-state index in [0.29, 0.717) is 13.2 Å². The number of hydrogen-bond acceptors (Lipinski definition) is 3. The van der Waals surface area contributed by atoms with Gasteiger partial charge in [0.25, 0.3) is 0 Å². The Morgan fingerprint density at radius 2 is 2.12 bits per heavy atom. The molecule has 3 heteroatoms. The summed E-state index contributed by atoms with van der Waals surface area (Å²) >= 11 is 0. The Labute approximate surface area is 96.8 Å². The highest BCUT2D eigenvalue weighted by atomic mass is 16.5. The molecule has 1 rings (SSSR count). The van der Waals surface area contributed by atoms with E-state index in [1.807, 2.05) is 30.3 Å². The summed E-state index contributed by atoms with van der Waals surface area (Å²) in [5, 5.41) is 12.3. The number of rotatable bonds is 7. The Morgan fingerprint density at radius 3 is 2.69 bits per heavy atom. The van der Waals surface area contributed by atoms with Crippen LogP contribution < -0.4 is 5.32 Å². The van der Waals surface area contributed by atoms with Gasteiger partial charge in [0.2, 0.25) is 0 Å². The highest BCUT2D eigenvalue weighted by Gasteiger charge is 2.06. The summed E-state index contributed by atoms with van der Waals surface area (Å²) in [7, 11) is 1.62. The van der Waals surface area contributed by atoms with Gasteiger partial charge in [-0.15, -0.1) is 0 Å². The van der Waals surface area contributed by atoms with Crippen LogP contribution in [0.3, 0.4) is 0 Å². The molecule has 0 aliphatic heterocycles. The summed E-state index contributed by atoms with van der Waals surface area (Å²) in [5.74, 6) is 0. The van der Waals surface area contributed by atoms with E-state index in [2.05, 4.69) is 11.9 Å². The summed E-state index contributed by atoms with van der Waals surface area (Å²) in [4.78, 5) is 0. The zero-order chi connectivity index (χ0) is 11.8. The smallest absolute Gasteiger partial charge is 0.0638 e. The molecule has 0 heterocycles. The maximum Gasteiger partial charge on any atom is 0.0638 e. The van der Waals surface area contributed by atoms with E-state index >= 15 is 0 Å². The summed E-state index contributed by atoms with van der Waals surface area (Å²) in [5.41, 5.74) is 2.12. The molecule has 0 fully saturated rings. The average Bonchev–Trinajstić information content (AvgIpc) is 2.35. The van der Waals surface area contributed by atoms with Crippen molar-refractivity contribution in [2.45, 2.75) is 6.04 Å². The second-order valence-electron chi connectivity index (χ2n) is 3.69. The second-order valence-corrected chi connectivity index (χ2v) is 3.69. The van der Waals surface area contributed by atoms with Gasteiger partial charge in [0.1, 0.15) is 0 Å². The lowest BCUT2D eigenvalue weighted by Crippen LogP contribution is -2.37. The number of hydrogen-bond donors (Lipinski definition) is 2. The number of methoxy groups -OCH3 is 1. The Hall–Kier alpha value is -1.16. The van der Waals surface area contributed by atoms with Gasteiger partial charge in [0.15, 0.2) is 0 Å². The van der Waals surface area contributed by atoms with Crippen LogP contribution in [0.2, 0.25) is 0 Å². The van der Waals surface area contributed by atoms with E-state index in [9.17, 15) is 0 Å². The Kier molecular flexibility index (Phi) is 5.78. The van der Waals surface area contributed by atoms with Crippen LogP contribution in [-0.2, 0) is 4.74 Å². The lowest BCUT2D eigenvalue weighted by molar-refractivity contribution is 0.131. The third-order valence-corrected chi connectivity index (χ3v) is 2.37. The van der Waals surface area contributed by atoms with Gasteiger partial charge in [-0.1, -0.05) is 36.9 Å². The molecular formula is C13H19NO2. The summed E-state index contributed by atoms with van der Waals surface area (Å²) < 4.78 is 4.98. The summed E-state index contributed by atoms with van der Waals surface area (Å²) in [6, 6.07) is 9.96. The van der Waals surface area contributed by atoms with Crippen LogP contribution in [0.25, 0.3) is 5.57 Å². The van der Waals surface area contributed by atoms with Gasteiger partial charge in [0.05, 0.1) is 19.3 Å². The predicted molar refractivity (Wildman–Crippen MR) is 66.2 cm³/mol. The van der Waals surface area contributed by atoms with Crippen molar-refractivity contribution >= 4 is 5.57 Å². The van der Waals surface area contributed by atoms with Crippen LogP contribution in [0, 0.1) is 0 Å². The van der Waals surface area contributed by atoms with Crippen molar-refractivity contribution in [1.29, 1.82) is 0 Å². The number of aliphatic hydroxyl groups excluding tert-OH is 1. The molecule has 0 radical (unpaired) electrons. The number of aliphatic hydroxyl groups is 1. The van der Waals surface area contributed by atoms with Gasteiger partial charge in [-0.05, 0) is 11.1 Å². The first-order valence-electron chi connectivity index (χ1n) is 5.34. The third kappa shape index (κ3) is 4.14. The number of ether oxygens (including phenoxy) is 1. The average molecular weight is 221 g/mol. The fourth-order valence-electron chi connectivity index (χ4n) is 1.42. The lowest BCUT2D eigenvalue weighted by atomic mass is 10.1. The molecule has 3 nitrogen and oxygen atoms in total. The molecule has 88 valence electrons. The van der Waals surface area contributed by atoms with E-state index < -0.39 is 0 Å². The Morgan fingerprint density at radius 1 is 1.44 bits per heavy atom. The minimum absolute atomic E-state index is 0.0366.